The quantitative estimate of drug-likeness (QED) is 0.697. The van der Waals surface area contributed by atoms with E-state index in [1.54, 1.807) is 12.1 Å². The van der Waals surface area contributed by atoms with E-state index in [2.05, 4.69) is 5.32 Å². The van der Waals surface area contributed by atoms with Gasteiger partial charge in [-0.15, -0.1) is 0 Å². The summed E-state index contributed by atoms with van der Waals surface area (Å²) in [6.45, 7) is 0.628. The monoisotopic (exact) mass is 203 g/mol. The summed E-state index contributed by atoms with van der Waals surface area (Å²) in [5.74, 6) is -0.226. The minimum Gasteiger partial charge on any atom is -0.339 e. The highest BCUT2D eigenvalue weighted by atomic mass is 16.1. The third-order valence-corrected chi connectivity index (χ3v) is 1.98. The number of carbonyl (C=O) groups excluding carboxylic acids is 1. The maximum Gasteiger partial charge on any atom is 0.252 e. The molecule has 3 N–H and O–H groups in total. The Morgan fingerprint density at radius 3 is 2.60 bits per heavy atom. The van der Waals surface area contributed by atoms with Crippen LogP contribution in [-0.4, -0.2) is 19.0 Å². The van der Waals surface area contributed by atoms with Crippen LogP contribution in [0.4, 0.5) is 0 Å². The van der Waals surface area contributed by atoms with Gasteiger partial charge in [0, 0.05) is 5.56 Å². The summed E-state index contributed by atoms with van der Waals surface area (Å²) in [5.41, 5.74) is 7.08. The number of amides is 1. The van der Waals surface area contributed by atoms with Gasteiger partial charge in [-0.2, -0.15) is 5.26 Å². The van der Waals surface area contributed by atoms with Gasteiger partial charge in [0.25, 0.3) is 5.91 Å². The van der Waals surface area contributed by atoms with Crippen molar-refractivity contribution in [3.63, 3.8) is 0 Å². The zero-order valence-corrected chi connectivity index (χ0v) is 8.36. The molecule has 1 aromatic rings. The van der Waals surface area contributed by atoms with Crippen LogP contribution in [0.25, 0.3) is 0 Å². The number of rotatable bonds is 4. The van der Waals surface area contributed by atoms with Crippen LogP contribution in [-0.2, 0) is 6.42 Å². The second kappa shape index (κ2) is 5.78. The Bertz CT molecular complexity index is 364. The summed E-state index contributed by atoms with van der Waals surface area (Å²) in [6.07, 6.45) is 0.806. The summed E-state index contributed by atoms with van der Waals surface area (Å²) >= 11 is 0. The molecular weight excluding hydrogens is 190 g/mol. The molecule has 0 radical (unpaired) electrons. The van der Waals surface area contributed by atoms with Gasteiger partial charge in [0.1, 0.15) is 6.54 Å². The van der Waals surface area contributed by atoms with E-state index in [0.717, 1.165) is 12.0 Å². The first-order chi connectivity index (χ1) is 7.27. The van der Waals surface area contributed by atoms with E-state index in [0.29, 0.717) is 12.1 Å². The highest BCUT2D eigenvalue weighted by molar-refractivity contribution is 5.94. The van der Waals surface area contributed by atoms with Crippen molar-refractivity contribution in [3.05, 3.63) is 35.4 Å². The van der Waals surface area contributed by atoms with Crippen LogP contribution >= 0.6 is 0 Å². The van der Waals surface area contributed by atoms with Crippen molar-refractivity contribution >= 4 is 5.91 Å². The van der Waals surface area contributed by atoms with Crippen LogP contribution in [0.5, 0.6) is 0 Å². The van der Waals surface area contributed by atoms with Crippen LogP contribution in [0.15, 0.2) is 24.3 Å². The number of carbonyl (C=O) groups is 1. The lowest BCUT2D eigenvalue weighted by Crippen LogP contribution is -2.23. The third-order valence-electron chi connectivity index (χ3n) is 1.98. The van der Waals surface area contributed by atoms with Gasteiger partial charge in [-0.25, -0.2) is 0 Å². The van der Waals surface area contributed by atoms with Crippen molar-refractivity contribution in [2.24, 2.45) is 5.73 Å². The first kappa shape index (κ1) is 11.2. The Balaban J connectivity index is 2.63. The molecule has 0 fully saturated rings. The molecule has 1 amide bonds. The molecule has 0 spiro atoms. The van der Waals surface area contributed by atoms with Crippen LogP contribution in [0.1, 0.15) is 15.9 Å². The molecule has 0 aliphatic carbocycles. The predicted molar refractivity (Wildman–Crippen MR) is 57.1 cm³/mol. The number of nitrogens with zero attached hydrogens (tertiary/aromatic N) is 1. The van der Waals surface area contributed by atoms with Gasteiger partial charge in [0.2, 0.25) is 0 Å². The fourth-order valence-corrected chi connectivity index (χ4v) is 1.21. The average molecular weight is 203 g/mol. The molecule has 1 rings (SSSR count). The molecule has 4 heteroatoms. The van der Waals surface area contributed by atoms with E-state index < -0.39 is 0 Å². The maximum absolute atomic E-state index is 11.4. The van der Waals surface area contributed by atoms with Crippen LogP contribution in [0.2, 0.25) is 0 Å². The summed E-state index contributed by atoms with van der Waals surface area (Å²) in [6, 6.07) is 9.06. The lowest BCUT2D eigenvalue weighted by molar-refractivity contribution is 0.0958. The molecule has 0 heterocycles. The average Bonchev–Trinajstić information content (AvgIpc) is 2.27. The van der Waals surface area contributed by atoms with Gasteiger partial charge in [-0.1, -0.05) is 12.1 Å². The smallest absolute Gasteiger partial charge is 0.252 e. The fraction of sp³-hybridized carbons (Fsp3) is 0.273. The standard InChI is InChI=1S/C11H13N3O/c12-6-5-9-1-3-10(4-2-9)11(15)14-8-7-13/h1-4H,5-6,8,12H2,(H,14,15). The zero-order valence-electron chi connectivity index (χ0n) is 8.36. The van der Waals surface area contributed by atoms with Gasteiger partial charge >= 0.3 is 0 Å². The lowest BCUT2D eigenvalue weighted by Gasteiger charge is -2.02. The molecule has 15 heavy (non-hydrogen) atoms. The Morgan fingerprint density at radius 1 is 1.40 bits per heavy atom. The molecule has 0 atom stereocenters. The number of nitrogens with one attached hydrogen (secondary N) is 1. The molecule has 0 bridgehead atoms. The predicted octanol–water partition coefficient (Wildman–Crippen LogP) is 0.441. The highest BCUT2D eigenvalue weighted by Crippen LogP contribution is 2.04. The van der Waals surface area contributed by atoms with E-state index in [1.165, 1.54) is 0 Å². The number of hydrogen-bond donors (Lipinski definition) is 2. The van der Waals surface area contributed by atoms with Gasteiger partial charge in [0.15, 0.2) is 0 Å². The zero-order chi connectivity index (χ0) is 11.1. The molecule has 1 aromatic carbocycles. The summed E-state index contributed by atoms with van der Waals surface area (Å²) in [4.78, 5) is 11.4. The van der Waals surface area contributed by atoms with Gasteiger partial charge in [-0.3, -0.25) is 4.79 Å². The van der Waals surface area contributed by atoms with E-state index >= 15 is 0 Å². The second-order valence-corrected chi connectivity index (χ2v) is 3.08. The Kier molecular flexibility index (Phi) is 4.32. The lowest BCUT2D eigenvalue weighted by atomic mass is 10.1. The van der Waals surface area contributed by atoms with Gasteiger partial charge in [-0.05, 0) is 30.7 Å². The second-order valence-electron chi connectivity index (χ2n) is 3.08. The van der Waals surface area contributed by atoms with E-state index in [-0.39, 0.29) is 12.5 Å². The first-order valence-corrected chi connectivity index (χ1v) is 4.72. The number of nitriles is 1. The van der Waals surface area contributed by atoms with Crippen molar-refractivity contribution < 1.29 is 4.79 Å². The molecule has 78 valence electrons. The molecule has 0 saturated carbocycles. The molecule has 0 unspecified atom stereocenters. The maximum atomic E-state index is 11.4. The summed E-state index contributed by atoms with van der Waals surface area (Å²) in [7, 11) is 0. The van der Waals surface area contributed by atoms with Crippen molar-refractivity contribution in [1.29, 1.82) is 5.26 Å². The third kappa shape index (κ3) is 3.41. The SMILES string of the molecule is N#CCNC(=O)c1ccc(CCN)cc1. The molecule has 0 saturated heterocycles. The largest absolute Gasteiger partial charge is 0.339 e. The number of hydrogen-bond acceptors (Lipinski definition) is 3. The first-order valence-electron chi connectivity index (χ1n) is 4.72. The summed E-state index contributed by atoms with van der Waals surface area (Å²) in [5, 5.41) is 10.8. The Hall–Kier alpha value is -1.86. The highest BCUT2D eigenvalue weighted by Gasteiger charge is 2.03. The van der Waals surface area contributed by atoms with Crippen LogP contribution < -0.4 is 11.1 Å². The Labute approximate surface area is 88.7 Å². The Morgan fingerprint density at radius 2 is 2.07 bits per heavy atom. The summed E-state index contributed by atoms with van der Waals surface area (Å²) < 4.78 is 0. The normalized spacial score (nSPS) is 9.33. The van der Waals surface area contributed by atoms with Crippen LogP contribution in [0, 0.1) is 11.3 Å². The topological polar surface area (TPSA) is 78.9 Å². The van der Waals surface area contributed by atoms with Crippen molar-refractivity contribution in [2.75, 3.05) is 13.1 Å². The van der Waals surface area contributed by atoms with E-state index in [1.807, 2.05) is 18.2 Å². The molecule has 0 aliphatic rings. The number of nitrogens with two attached hydrogens (primary N) is 1. The molecule has 0 aromatic heterocycles. The molecule has 4 nitrogen and oxygen atoms in total. The molecular formula is C11H13N3O. The fourth-order valence-electron chi connectivity index (χ4n) is 1.21. The molecule has 0 aliphatic heterocycles. The minimum absolute atomic E-state index is 0.0311. The van der Waals surface area contributed by atoms with Gasteiger partial charge < -0.3 is 11.1 Å². The van der Waals surface area contributed by atoms with Crippen molar-refractivity contribution in [2.45, 2.75) is 6.42 Å². The minimum atomic E-state index is -0.226. The van der Waals surface area contributed by atoms with Crippen LogP contribution in [0.3, 0.4) is 0 Å². The van der Waals surface area contributed by atoms with Gasteiger partial charge in [0.05, 0.1) is 6.07 Å². The van der Waals surface area contributed by atoms with E-state index in [9.17, 15) is 4.79 Å². The van der Waals surface area contributed by atoms with Crippen molar-refractivity contribution in [1.82, 2.24) is 5.32 Å². The van der Waals surface area contributed by atoms with E-state index in [4.69, 9.17) is 11.0 Å². The van der Waals surface area contributed by atoms with Crippen molar-refractivity contribution in [3.8, 4) is 6.07 Å². The number of benzene rings is 1.